The number of hydrogen-bond donors (Lipinski definition) is 0. The lowest BCUT2D eigenvalue weighted by Crippen LogP contribution is -2.03. The lowest BCUT2D eigenvalue weighted by molar-refractivity contribution is 0.117. The predicted molar refractivity (Wildman–Crippen MR) is 58.2 cm³/mol. The molecule has 78 valence electrons. The van der Waals surface area contributed by atoms with Gasteiger partial charge in [0.1, 0.15) is 6.10 Å². The Labute approximate surface area is 83.8 Å². The monoisotopic (exact) mass is 202 g/mol. The molecule has 0 saturated carbocycles. The normalized spacial score (nSPS) is 21.5. The maximum Gasteiger partial charge on any atom is 0.104 e. The summed E-state index contributed by atoms with van der Waals surface area (Å²) >= 11 is 0. The van der Waals surface area contributed by atoms with Gasteiger partial charge in [0, 0.05) is 16.1 Å². The minimum absolute atomic E-state index is 0.257. The molecular formula is C10H22O2Si. The summed E-state index contributed by atoms with van der Waals surface area (Å²) in [5, 5.41) is 0. The third-order valence-corrected chi connectivity index (χ3v) is 4.35. The summed E-state index contributed by atoms with van der Waals surface area (Å²) in [4.78, 5) is 0. The average Bonchev–Trinajstić information content (AvgIpc) is 2.93. The van der Waals surface area contributed by atoms with E-state index in [2.05, 4.69) is 6.92 Å². The van der Waals surface area contributed by atoms with Gasteiger partial charge in [-0.2, -0.15) is 0 Å². The van der Waals surface area contributed by atoms with Crippen LogP contribution in [0, 0.1) is 0 Å². The number of ether oxygens (including phenoxy) is 2. The van der Waals surface area contributed by atoms with E-state index < -0.39 is 0 Å². The summed E-state index contributed by atoms with van der Waals surface area (Å²) in [6, 6.07) is 2.99. The molecule has 0 amide bonds. The first-order valence-electron chi connectivity index (χ1n) is 5.63. The summed E-state index contributed by atoms with van der Waals surface area (Å²) in [6.45, 7) is 4.98. The zero-order valence-corrected chi connectivity index (χ0v) is 10.2. The maximum absolute atomic E-state index is 5.46. The van der Waals surface area contributed by atoms with Crippen LogP contribution in [0.2, 0.25) is 12.1 Å². The second kappa shape index (κ2) is 7.53. The van der Waals surface area contributed by atoms with Gasteiger partial charge in [0.25, 0.3) is 0 Å². The molecule has 3 heteroatoms. The third kappa shape index (κ3) is 7.23. The minimum atomic E-state index is 0.257. The van der Waals surface area contributed by atoms with Crippen molar-refractivity contribution in [3.05, 3.63) is 0 Å². The van der Waals surface area contributed by atoms with Crippen molar-refractivity contribution >= 4 is 9.52 Å². The number of hydrogen-bond acceptors (Lipinski definition) is 2. The highest BCUT2D eigenvalue weighted by Gasteiger charge is 2.21. The molecule has 1 fully saturated rings. The van der Waals surface area contributed by atoms with Crippen LogP contribution in [-0.4, -0.2) is 35.4 Å². The molecular weight excluding hydrogens is 180 g/mol. The van der Waals surface area contributed by atoms with Crippen LogP contribution in [0.1, 0.15) is 26.2 Å². The summed E-state index contributed by atoms with van der Waals surface area (Å²) < 4.78 is 10.5. The molecule has 0 bridgehead atoms. The van der Waals surface area contributed by atoms with Crippen LogP contribution in [0.15, 0.2) is 0 Å². The molecule has 0 N–H and O–H groups in total. The van der Waals surface area contributed by atoms with Gasteiger partial charge in [0.15, 0.2) is 0 Å². The van der Waals surface area contributed by atoms with E-state index >= 15 is 0 Å². The molecule has 1 rings (SSSR count). The fourth-order valence-corrected chi connectivity index (χ4v) is 3.13. The molecule has 1 aliphatic rings. The maximum atomic E-state index is 5.46. The molecule has 1 atom stereocenters. The summed E-state index contributed by atoms with van der Waals surface area (Å²) in [5.41, 5.74) is 0. The van der Waals surface area contributed by atoms with E-state index in [0.29, 0.717) is 6.10 Å². The van der Waals surface area contributed by atoms with E-state index in [1.807, 2.05) is 0 Å². The number of epoxide rings is 1. The van der Waals surface area contributed by atoms with Crippen molar-refractivity contribution in [2.45, 2.75) is 44.4 Å². The molecule has 0 aromatic rings. The molecule has 1 aliphatic heterocycles. The number of unbranched alkanes of at least 4 members (excludes halogenated alkanes) is 1. The number of rotatable bonds is 9. The molecule has 1 saturated heterocycles. The van der Waals surface area contributed by atoms with Gasteiger partial charge in [-0.05, 0) is 6.42 Å². The second-order valence-electron chi connectivity index (χ2n) is 3.80. The first-order chi connectivity index (χ1) is 6.43. The smallest absolute Gasteiger partial charge is 0.104 e. The van der Waals surface area contributed by atoms with Crippen LogP contribution < -0.4 is 0 Å². The van der Waals surface area contributed by atoms with E-state index in [1.54, 1.807) is 0 Å². The Morgan fingerprint density at radius 3 is 2.85 bits per heavy atom. The fourth-order valence-electron chi connectivity index (χ4n) is 1.36. The lowest BCUT2D eigenvalue weighted by Gasteiger charge is -2.01. The molecule has 0 spiro atoms. The van der Waals surface area contributed by atoms with Crippen LogP contribution in [-0.2, 0) is 9.47 Å². The van der Waals surface area contributed by atoms with Gasteiger partial charge < -0.3 is 9.47 Å². The molecule has 0 aromatic heterocycles. The quantitative estimate of drug-likeness (QED) is 0.322. The molecule has 2 nitrogen and oxygen atoms in total. The van der Waals surface area contributed by atoms with Crippen LogP contribution in [0.25, 0.3) is 0 Å². The zero-order chi connectivity index (χ0) is 9.36. The van der Waals surface area contributed by atoms with E-state index in [9.17, 15) is 0 Å². The molecule has 0 aromatic carbocycles. The van der Waals surface area contributed by atoms with Crippen molar-refractivity contribution in [1.82, 2.24) is 0 Å². The van der Waals surface area contributed by atoms with Crippen LogP contribution in [0.3, 0.4) is 0 Å². The van der Waals surface area contributed by atoms with Gasteiger partial charge in [-0.3, -0.25) is 0 Å². The van der Waals surface area contributed by atoms with E-state index in [1.165, 1.54) is 31.4 Å². The fraction of sp³-hybridized carbons (Fsp3) is 1.00. The van der Waals surface area contributed by atoms with Crippen molar-refractivity contribution in [3.8, 4) is 0 Å². The van der Waals surface area contributed by atoms with Crippen LogP contribution in [0.5, 0.6) is 0 Å². The summed E-state index contributed by atoms with van der Waals surface area (Å²) in [5.74, 6) is 0. The van der Waals surface area contributed by atoms with Crippen molar-refractivity contribution in [1.29, 1.82) is 0 Å². The van der Waals surface area contributed by atoms with Gasteiger partial charge in [0.05, 0.1) is 13.2 Å². The van der Waals surface area contributed by atoms with E-state index in [-0.39, 0.29) is 9.52 Å². The SMILES string of the molecule is CCCC[SiH2]CCCOCC1CO1. The second-order valence-corrected chi connectivity index (χ2v) is 5.92. The van der Waals surface area contributed by atoms with Crippen molar-refractivity contribution < 1.29 is 9.47 Å². The zero-order valence-electron chi connectivity index (χ0n) is 8.76. The molecule has 1 heterocycles. The highest BCUT2D eigenvalue weighted by atomic mass is 28.2. The Morgan fingerprint density at radius 2 is 2.15 bits per heavy atom. The highest BCUT2D eigenvalue weighted by Crippen LogP contribution is 2.08. The largest absolute Gasteiger partial charge is 0.379 e. The Bertz CT molecular complexity index is 115. The van der Waals surface area contributed by atoms with Gasteiger partial charge in [0.2, 0.25) is 0 Å². The van der Waals surface area contributed by atoms with E-state index in [4.69, 9.17) is 9.47 Å². The van der Waals surface area contributed by atoms with Gasteiger partial charge in [-0.15, -0.1) is 0 Å². The third-order valence-electron chi connectivity index (χ3n) is 2.35. The summed E-state index contributed by atoms with van der Waals surface area (Å²) in [7, 11) is 0.257. The van der Waals surface area contributed by atoms with Crippen molar-refractivity contribution in [3.63, 3.8) is 0 Å². The summed E-state index contributed by atoms with van der Waals surface area (Å²) in [6.07, 6.45) is 4.53. The molecule has 13 heavy (non-hydrogen) atoms. The minimum Gasteiger partial charge on any atom is -0.379 e. The van der Waals surface area contributed by atoms with Gasteiger partial charge >= 0.3 is 0 Å². The van der Waals surface area contributed by atoms with Crippen LogP contribution in [0.4, 0.5) is 0 Å². The topological polar surface area (TPSA) is 21.8 Å². The first kappa shape index (κ1) is 11.2. The first-order valence-corrected chi connectivity index (χ1v) is 7.63. The van der Waals surface area contributed by atoms with E-state index in [0.717, 1.165) is 19.8 Å². The Balaban J connectivity index is 1.63. The van der Waals surface area contributed by atoms with Crippen molar-refractivity contribution in [2.75, 3.05) is 19.8 Å². The molecule has 1 unspecified atom stereocenters. The molecule has 0 aliphatic carbocycles. The standard InChI is InChI=1S/C10H22O2Si/c1-2-3-6-13-7-4-5-11-8-10-9-12-10/h10H,2-9,13H2,1H3. The predicted octanol–water partition coefficient (Wildman–Crippen LogP) is 1.60. The average molecular weight is 202 g/mol. The Kier molecular flexibility index (Phi) is 6.50. The lowest BCUT2D eigenvalue weighted by atomic mass is 10.4. The van der Waals surface area contributed by atoms with Gasteiger partial charge in [-0.1, -0.05) is 31.9 Å². The van der Waals surface area contributed by atoms with Gasteiger partial charge in [-0.25, -0.2) is 0 Å². The van der Waals surface area contributed by atoms with Crippen molar-refractivity contribution in [2.24, 2.45) is 0 Å². The Morgan fingerprint density at radius 1 is 1.38 bits per heavy atom. The molecule has 0 radical (unpaired) electrons. The highest BCUT2D eigenvalue weighted by molar-refractivity contribution is 6.35. The Hall–Kier alpha value is 0.137. The van der Waals surface area contributed by atoms with Crippen LogP contribution >= 0.6 is 0 Å².